The molecule has 0 spiro atoms. The SMILES string of the molecule is CCOC(=O)C(F)(F)[C@@]1(NS(=O)C(C)(C)C)CC(C)(C)Oc2ccc(Br)cc21. The molecule has 1 N–H and O–H groups in total. The monoisotopic (exact) mass is 481 g/mol. The molecule has 5 nitrogen and oxygen atoms in total. The molecule has 2 atom stereocenters. The van der Waals surface area contributed by atoms with Crippen LogP contribution in [0.2, 0.25) is 0 Å². The van der Waals surface area contributed by atoms with Crippen molar-refractivity contribution in [1.82, 2.24) is 4.72 Å². The van der Waals surface area contributed by atoms with E-state index in [1.165, 1.54) is 13.0 Å². The summed E-state index contributed by atoms with van der Waals surface area (Å²) in [5.41, 5.74) is -3.28. The molecule has 1 aliphatic heterocycles. The molecule has 28 heavy (non-hydrogen) atoms. The zero-order valence-corrected chi connectivity index (χ0v) is 19.2. The first kappa shape index (κ1) is 23.2. The molecule has 1 heterocycles. The van der Waals surface area contributed by atoms with Crippen LogP contribution >= 0.6 is 15.9 Å². The highest BCUT2D eigenvalue weighted by Gasteiger charge is 2.66. The van der Waals surface area contributed by atoms with Gasteiger partial charge in [-0.1, -0.05) is 15.9 Å². The Bertz CT molecular complexity index is 795. The van der Waals surface area contributed by atoms with Gasteiger partial charge in [-0.05, 0) is 59.7 Å². The first-order valence-corrected chi connectivity index (χ1v) is 10.8. The van der Waals surface area contributed by atoms with E-state index >= 15 is 8.78 Å². The number of hydrogen-bond donors (Lipinski definition) is 1. The summed E-state index contributed by atoms with van der Waals surface area (Å²) >= 11 is 3.29. The number of ether oxygens (including phenoxy) is 2. The van der Waals surface area contributed by atoms with Crippen molar-refractivity contribution < 1.29 is 27.3 Å². The second-order valence-electron chi connectivity index (χ2n) is 8.36. The summed E-state index contributed by atoms with van der Waals surface area (Å²) in [6.45, 7) is 9.55. The number of hydrogen-bond acceptors (Lipinski definition) is 4. The van der Waals surface area contributed by atoms with Gasteiger partial charge in [0.1, 0.15) is 16.9 Å². The Kier molecular flexibility index (Phi) is 6.34. The average Bonchev–Trinajstić information content (AvgIpc) is 2.53. The van der Waals surface area contributed by atoms with Gasteiger partial charge in [-0.2, -0.15) is 8.78 Å². The fourth-order valence-electron chi connectivity index (χ4n) is 3.13. The number of carbonyl (C=O) groups is 1. The highest BCUT2D eigenvalue weighted by atomic mass is 79.9. The van der Waals surface area contributed by atoms with Crippen LogP contribution in [0.25, 0.3) is 0 Å². The van der Waals surface area contributed by atoms with Crippen molar-refractivity contribution in [1.29, 1.82) is 0 Å². The van der Waals surface area contributed by atoms with E-state index in [0.717, 1.165) is 0 Å². The van der Waals surface area contributed by atoms with Crippen LogP contribution in [0.3, 0.4) is 0 Å². The molecule has 1 unspecified atom stereocenters. The first-order valence-electron chi connectivity index (χ1n) is 8.90. The van der Waals surface area contributed by atoms with Gasteiger partial charge in [-0.25, -0.2) is 13.7 Å². The Morgan fingerprint density at radius 1 is 1.36 bits per heavy atom. The second kappa shape index (κ2) is 7.65. The number of nitrogens with one attached hydrogen (secondary N) is 1. The number of halogens is 3. The quantitative estimate of drug-likeness (QED) is 0.630. The van der Waals surface area contributed by atoms with Crippen LogP contribution < -0.4 is 9.46 Å². The smallest absolute Gasteiger partial charge is 0.379 e. The van der Waals surface area contributed by atoms with Crippen LogP contribution in [0.15, 0.2) is 22.7 Å². The van der Waals surface area contributed by atoms with Crippen LogP contribution in [0.1, 0.15) is 53.5 Å². The summed E-state index contributed by atoms with van der Waals surface area (Å²) < 4.78 is 57.2. The molecule has 0 amide bonds. The third-order valence-corrected chi connectivity index (χ3v) is 6.51. The molecule has 0 bridgehead atoms. The number of fused-ring (bicyclic) bond motifs is 1. The Balaban J connectivity index is 2.80. The van der Waals surface area contributed by atoms with Gasteiger partial charge in [0.05, 0.1) is 22.3 Å². The van der Waals surface area contributed by atoms with Crippen LogP contribution in [-0.2, 0) is 26.1 Å². The summed E-state index contributed by atoms with van der Waals surface area (Å²) in [5, 5.41) is 0. The van der Waals surface area contributed by atoms with Gasteiger partial charge in [0.25, 0.3) is 0 Å². The van der Waals surface area contributed by atoms with Crippen LogP contribution in [0.4, 0.5) is 8.78 Å². The summed E-state index contributed by atoms with van der Waals surface area (Å²) in [7, 11) is -1.90. The van der Waals surface area contributed by atoms with Gasteiger partial charge >= 0.3 is 11.9 Å². The van der Waals surface area contributed by atoms with Crippen LogP contribution in [0, 0.1) is 0 Å². The number of alkyl halides is 2. The number of esters is 1. The van der Waals surface area contributed by atoms with E-state index in [1.807, 2.05) is 0 Å². The minimum atomic E-state index is -4.00. The van der Waals surface area contributed by atoms with Gasteiger partial charge in [-0.15, -0.1) is 0 Å². The molecule has 2 rings (SSSR count). The fraction of sp³-hybridized carbons (Fsp3) is 0.632. The van der Waals surface area contributed by atoms with Crippen molar-refractivity contribution >= 4 is 32.9 Å². The summed E-state index contributed by atoms with van der Waals surface area (Å²) in [5.74, 6) is -5.47. The lowest BCUT2D eigenvalue weighted by Gasteiger charge is -2.49. The van der Waals surface area contributed by atoms with Crippen LogP contribution in [0.5, 0.6) is 5.75 Å². The Hall–Kier alpha value is -1.06. The number of carbonyl (C=O) groups excluding carboxylic acids is 1. The maximum atomic E-state index is 15.7. The molecule has 0 saturated heterocycles. The first-order chi connectivity index (χ1) is 12.7. The predicted molar refractivity (Wildman–Crippen MR) is 108 cm³/mol. The summed E-state index contributed by atoms with van der Waals surface area (Å²) in [6, 6.07) is 4.68. The van der Waals surface area contributed by atoms with Crippen molar-refractivity contribution in [2.45, 2.75) is 69.8 Å². The van der Waals surface area contributed by atoms with E-state index in [1.54, 1.807) is 46.8 Å². The third-order valence-electron chi connectivity index (χ3n) is 4.37. The minimum absolute atomic E-state index is 0.0526. The fourth-order valence-corrected chi connectivity index (χ4v) is 4.43. The molecule has 0 fully saturated rings. The van der Waals surface area contributed by atoms with Crippen molar-refractivity contribution in [3.8, 4) is 5.75 Å². The molecule has 158 valence electrons. The predicted octanol–water partition coefficient (Wildman–Crippen LogP) is 4.46. The van der Waals surface area contributed by atoms with E-state index in [2.05, 4.69) is 25.4 Å². The largest absolute Gasteiger partial charge is 0.487 e. The molecule has 0 saturated carbocycles. The van der Waals surface area contributed by atoms with Crippen molar-refractivity contribution in [2.75, 3.05) is 6.61 Å². The zero-order chi connectivity index (χ0) is 21.5. The lowest BCUT2D eigenvalue weighted by Crippen LogP contribution is -2.66. The molecule has 0 aliphatic carbocycles. The molecular weight excluding hydrogens is 456 g/mol. The molecule has 1 aromatic carbocycles. The van der Waals surface area contributed by atoms with Crippen molar-refractivity contribution in [2.24, 2.45) is 0 Å². The Labute approximate surface area is 175 Å². The van der Waals surface area contributed by atoms with E-state index in [0.29, 0.717) is 4.47 Å². The molecule has 1 aromatic rings. The lowest BCUT2D eigenvalue weighted by atomic mass is 9.74. The normalized spacial score (nSPS) is 22.8. The van der Waals surface area contributed by atoms with Gasteiger partial charge in [0.2, 0.25) is 0 Å². The molecular formula is C19H26BrF2NO4S. The molecule has 9 heteroatoms. The van der Waals surface area contributed by atoms with Crippen molar-refractivity contribution in [3.05, 3.63) is 28.2 Å². The van der Waals surface area contributed by atoms with Crippen LogP contribution in [-0.4, -0.2) is 33.1 Å². The standard InChI is InChI=1S/C19H26BrF2NO4S/c1-7-26-15(24)19(21,22)18(23-28(25)16(2,3)4)11-17(5,6)27-14-9-8-12(20)10-13(14)18/h8-10,23H,7,11H2,1-6H3/t18-,28?/m1/s1. The highest BCUT2D eigenvalue weighted by Crippen LogP contribution is 2.52. The van der Waals surface area contributed by atoms with Gasteiger partial charge < -0.3 is 9.47 Å². The molecule has 0 radical (unpaired) electrons. The van der Waals surface area contributed by atoms with Gasteiger partial charge in [0, 0.05) is 16.5 Å². The van der Waals surface area contributed by atoms with Gasteiger partial charge in [0.15, 0.2) is 0 Å². The average molecular weight is 482 g/mol. The number of rotatable bonds is 5. The Morgan fingerprint density at radius 2 is 1.96 bits per heavy atom. The molecule has 0 aromatic heterocycles. The van der Waals surface area contributed by atoms with Crippen molar-refractivity contribution in [3.63, 3.8) is 0 Å². The zero-order valence-electron chi connectivity index (χ0n) is 16.8. The topological polar surface area (TPSA) is 64.6 Å². The van der Waals surface area contributed by atoms with E-state index in [4.69, 9.17) is 4.74 Å². The van der Waals surface area contributed by atoms with Gasteiger partial charge in [-0.3, -0.25) is 0 Å². The summed E-state index contributed by atoms with van der Waals surface area (Å²) in [4.78, 5) is 12.3. The number of benzene rings is 1. The second-order valence-corrected chi connectivity index (χ2v) is 11.2. The van der Waals surface area contributed by atoms with E-state index in [9.17, 15) is 9.00 Å². The third kappa shape index (κ3) is 4.26. The maximum Gasteiger partial charge on any atom is 0.379 e. The van der Waals surface area contributed by atoms with E-state index in [-0.39, 0.29) is 24.3 Å². The lowest BCUT2D eigenvalue weighted by molar-refractivity contribution is -0.191. The summed E-state index contributed by atoms with van der Waals surface area (Å²) in [6.07, 6.45) is -0.295. The maximum absolute atomic E-state index is 15.7. The minimum Gasteiger partial charge on any atom is -0.487 e. The molecule has 1 aliphatic rings. The highest BCUT2D eigenvalue weighted by molar-refractivity contribution is 9.10. The Morgan fingerprint density at radius 3 is 2.50 bits per heavy atom. The van der Waals surface area contributed by atoms with E-state index < -0.39 is 38.8 Å².